The van der Waals surface area contributed by atoms with E-state index in [0.29, 0.717) is 30.5 Å². The standard InChI is InChI=1S/C16H19N5O2S/c1-2-17-14(22)10-21-8-6-11-13(9-21)24-16(19-11)20-15(23)12-5-3-4-7-18-12/h3-5,7H,2,6,8-10H2,1H3,(H,17,22)(H,19,20,23). The largest absolute Gasteiger partial charge is 0.355 e. The number of thiazole rings is 1. The Hall–Kier alpha value is -2.32. The number of carbonyl (C=O) groups is 2. The Morgan fingerprint density at radius 3 is 3.00 bits per heavy atom. The number of aromatic nitrogens is 2. The fourth-order valence-corrected chi connectivity index (χ4v) is 3.60. The number of carbonyl (C=O) groups excluding carboxylic acids is 2. The van der Waals surface area contributed by atoms with Crippen molar-refractivity contribution in [1.82, 2.24) is 20.2 Å². The number of pyridine rings is 1. The van der Waals surface area contributed by atoms with Crippen LogP contribution in [0.5, 0.6) is 0 Å². The molecule has 0 unspecified atom stereocenters. The Labute approximate surface area is 144 Å². The van der Waals surface area contributed by atoms with Gasteiger partial charge in [0.2, 0.25) is 5.91 Å². The number of amides is 2. The second-order valence-electron chi connectivity index (χ2n) is 5.47. The third-order valence-electron chi connectivity index (χ3n) is 3.67. The molecular weight excluding hydrogens is 326 g/mol. The summed E-state index contributed by atoms with van der Waals surface area (Å²) in [6.45, 7) is 4.42. The van der Waals surface area contributed by atoms with Gasteiger partial charge in [-0.1, -0.05) is 6.07 Å². The van der Waals surface area contributed by atoms with E-state index in [-0.39, 0.29) is 11.8 Å². The van der Waals surface area contributed by atoms with E-state index in [0.717, 1.165) is 23.5 Å². The zero-order valence-electron chi connectivity index (χ0n) is 13.4. The summed E-state index contributed by atoms with van der Waals surface area (Å²) in [5.41, 5.74) is 1.37. The molecule has 2 N–H and O–H groups in total. The number of likely N-dealkylation sites (N-methyl/N-ethyl adjacent to an activating group) is 1. The minimum absolute atomic E-state index is 0.0362. The molecule has 2 aromatic rings. The molecule has 2 amide bonds. The van der Waals surface area contributed by atoms with Crippen LogP contribution in [-0.2, 0) is 17.8 Å². The highest BCUT2D eigenvalue weighted by atomic mass is 32.1. The Bertz CT molecular complexity index is 731. The van der Waals surface area contributed by atoms with Gasteiger partial charge in [-0.25, -0.2) is 4.98 Å². The lowest BCUT2D eigenvalue weighted by Gasteiger charge is -2.24. The number of hydrogen-bond acceptors (Lipinski definition) is 6. The van der Waals surface area contributed by atoms with Gasteiger partial charge in [0.1, 0.15) is 5.69 Å². The van der Waals surface area contributed by atoms with Crippen LogP contribution >= 0.6 is 11.3 Å². The highest BCUT2D eigenvalue weighted by Crippen LogP contribution is 2.28. The summed E-state index contributed by atoms with van der Waals surface area (Å²) >= 11 is 1.46. The Morgan fingerprint density at radius 1 is 1.38 bits per heavy atom. The molecule has 0 saturated heterocycles. The SMILES string of the molecule is CCNC(=O)CN1CCc2nc(NC(=O)c3ccccn3)sc2C1. The van der Waals surface area contributed by atoms with Gasteiger partial charge < -0.3 is 5.32 Å². The van der Waals surface area contributed by atoms with Crippen LogP contribution in [0.15, 0.2) is 24.4 Å². The average Bonchev–Trinajstić information content (AvgIpc) is 2.97. The molecule has 0 aliphatic carbocycles. The molecule has 0 atom stereocenters. The van der Waals surface area contributed by atoms with Gasteiger partial charge in [-0.2, -0.15) is 0 Å². The third kappa shape index (κ3) is 3.95. The van der Waals surface area contributed by atoms with E-state index in [9.17, 15) is 9.59 Å². The molecule has 2 aromatic heterocycles. The maximum Gasteiger partial charge on any atom is 0.276 e. The first kappa shape index (κ1) is 16.5. The molecular formula is C16H19N5O2S. The molecule has 7 nitrogen and oxygen atoms in total. The monoisotopic (exact) mass is 345 g/mol. The predicted molar refractivity (Wildman–Crippen MR) is 92.0 cm³/mol. The van der Waals surface area contributed by atoms with Crippen LogP contribution in [0.3, 0.4) is 0 Å². The van der Waals surface area contributed by atoms with Crippen molar-refractivity contribution < 1.29 is 9.59 Å². The molecule has 3 heterocycles. The van der Waals surface area contributed by atoms with Gasteiger partial charge in [0, 0.05) is 37.1 Å². The lowest BCUT2D eigenvalue weighted by Crippen LogP contribution is -2.39. The van der Waals surface area contributed by atoms with Gasteiger partial charge in [-0.15, -0.1) is 11.3 Å². The molecule has 0 saturated carbocycles. The molecule has 126 valence electrons. The Balaban J connectivity index is 1.63. The molecule has 0 bridgehead atoms. The van der Waals surface area contributed by atoms with Crippen molar-refractivity contribution in [2.24, 2.45) is 0 Å². The van der Waals surface area contributed by atoms with Gasteiger partial charge in [0.25, 0.3) is 5.91 Å². The van der Waals surface area contributed by atoms with Crippen molar-refractivity contribution in [1.29, 1.82) is 0 Å². The zero-order valence-corrected chi connectivity index (χ0v) is 14.2. The van der Waals surface area contributed by atoms with Crippen LogP contribution in [0, 0.1) is 0 Å². The normalized spacial score (nSPS) is 14.0. The van der Waals surface area contributed by atoms with Gasteiger partial charge in [0.05, 0.1) is 12.2 Å². The fraction of sp³-hybridized carbons (Fsp3) is 0.375. The third-order valence-corrected chi connectivity index (χ3v) is 4.67. The van der Waals surface area contributed by atoms with Crippen LogP contribution in [0.2, 0.25) is 0 Å². The summed E-state index contributed by atoms with van der Waals surface area (Å²) in [7, 11) is 0. The van der Waals surface area contributed by atoms with Crippen molar-refractivity contribution in [3.8, 4) is 0 Å². The molecule has 24 heavy (non-hydrogen) atoms. The first-order valence-electron chi connectivity index (χ1n) is 7.85. The van der Waals surface area contributed by atoms with Crippen molar-refractivity contribution in [2.75, 3.05) is 25.0 Å². The summed E-state index contributed by atoms with van der Waals surface area (Å²) in [6.07, 6.45) is 2.37. The van der Waals surface area contributed by atoms with Gasteiger partial charge in [-0.3, -0.25) is 24.8 Å². The molecule has 0 fully saturated rings. The molecule has 0 spiro atoms. The van der Waals surface area contributed by atoms with E-state index < -0.39 is 0 Å². The molecule has 0 radical (unpaired) electrons. The van der Waals surface area contributed by atoms with Gasteiger partial charge in [0.15, 0.2) is 5.13 Å². The topological polar surface area (TPSA) is 87.2 Å². The maximum absolute atomic E-state index is 12.1. The second kappa shape index (κ2) is 7.50. The number of hydrogen-bond donors (Lipinski definition) is 2. The summed E-state index contributed by atoms with van der Waals surface area (Å²) in [6, 6.07) is 5.20. The van der Waals surface area contributed by atoms with E-state index in [1.165, 1.54) is 11.3 Å². The van der Waals surface area contributed by atoms with E-state index in [1.807, 2.05) is 6.92 Å². The maximum atomic E-state index is 12.1. The van der Waals surface area contributed by atoms with Crippen molar-refractivity contribution >= 4 is 28.3 Å². The van der Waals surface area contributed by atoms with Crippen LogP contribution in [0.25, 0.3) is 0 Å². The number of rotatable bonds is 5. The lowest BCUT2D eigenvalue weighted by atomic mass is 10.2. The van der Waals surface area contributed by atoms with Gasteiger partial charge >= 0.3 is 0 Å². The molecule has 1 aliphatic rings. The lowest BCUT2D eigenvalue weighted by molar-refractivity contribution is -0.122. The smallest absolute Gasteiger partial charge is 0.276 e. The van der Waals surface area contributed by atoms with Crippen LogP contribution in [-0.4, -0.2) is 46.3 Å². The number of anilines is 1. The first-order chi connectivity index (χ1) is 11.7. The second-order valence-corrected chi connectivity index (χ2v) is 6.56. The molecule has 3 rings (SSSR count). The molecule has 0 aromatic carbocycles. The molecule has 1 aliphatic heterocycles. The summed E-state index contributed by atoms with van der Waals surface area (Å²) in [4.78, 5) is 35.6. The van der Waals surface area contributed by atoms with Crippen molar-refractivity contribution in [3.63, 3.8) is 0 Å². The first-order valence-corrected chi connectivity index (χ1v) is 8.67. The highest BCUT2D eigenvalue weighted by molar-refractivity contribution is 7.15. The van der Waals surface area contributed by atoms with Gasteiger partial charge in [-0.05, 0) is 19.1 Å². The van der Waals surface area contributed by atoms with Crippen molar-refractivity contribution in [3.05, 3.63) is 40.7 Å². The van der Waals surface area contributed by atoms with E-state index in [2.05, 4.69) is 25.5 Å². The van der Waals surface area contributed by atoms with E-state index in [4.69, 9.17) is 0 Å². The zero-order chi connectivity index (χ0) is 16.9. The van der Waals surface area contributed by atoms with E-state index >= 15 is 0 Å². The van der Waals surface area contributed by atoms with Crippen LogP contribution < -0.4 is 10.6 Å². The molecule has 8 heteroatoms. The summed E-state index contributed by atoms with van der Waals surface area (Å²) in [5, 5.41) is 6.19. The number of fused-ring (bicyclic) bond motifs is 1. The van der Waals surface area contributed by atoms with Crippen LogP contribution in [0.4, 0.5) is 5.13 Å². The quantitative estimate of drug-likeness (QED) is 0.852. The summed E-state index contributed by atoms with van der Waals surface area (Å²) < 4.78 is 0. The van der Waals surface area contributed by atoms with Crippen molar-refractivity contribution in [2.45, 2.75) is 19.9 Å². The highest BCUT2D eigenvalue weighted by Gasteiger charge is 2.23. The minimum Gasteiger partial charge on any atom is -0.355 e. The summed E-state index contributed by atoms with van der Waals surface area (Å²) in [5.74, 6) is -0.227. The number of nitrogens with one attached hydrogen (secondary N) is 2. The average molecular weight is 345 g/mol. The minimum atomic E-state index is -0.263. The Kier molecular flexibility index (Phi) is 5.17. The number of nitrogens with zero attached hydrogens (tertiary/aromatic N) is 3. The fourth-order valence-electron chi connectivity index (χ4n) is 2.55. The van der Waals surface area contributed by atoms with Crippen LogP contribution in [0.1, 0.15) is 28.0 Å². The Morgan fingerprint density at radius 2 is 2.25 bits per heavy atom. The predicted octanol–water partition coefficient (Wildman–Crippen LogP) is 1.28. The van der Waals surface area contributed by atoms with E-state index in [1.54, 1.807) is 24.4 Å².